The second-order valence-corrected chi connectivity index (χ2v) is 2.88. The maximum absolute atomic E-state index is 5.73. The summed E-state index contributed by atoms with van der Waals surface area (Å²) >= 11 is 11.5. The summed E-state index contributed by atoms with van der Waals surface area (Å²) in [4.78, 5) is 0. The van der Waals surface area contributed by atoms with Crippen LogP contribution in [0.3, 0.4) is 0 Å². The van der Waals surface area contributed by atoms with Crippen molar-refractivity contribution < 1.29 is 4.42 Å². The molecule has 0 N–H and O–H groups in total. The summed E-state index contributed by atoms with van der Waals surface area (Å²) in [6.45, 7) is 0. The van der Waals surface area contributed by atoms with E-state index in [2.05, 4.69) is 0 Å². The number of halogens is 2. The van der Waals surface area contributed by atoms with Gasteiger partial charge in [-0.05, 0) is 35.3 Å². The van der Waals surface area contributed by atoms with Gasteiger partial charge in [0.15, 0.2) is 0 Å². The molecule has 56 valence electrons. The number of furan rings is 1. The van der Waals surface area contributed by atoms with Crippen molar-refractivity contribution >= 4 is 34.0 Å². The second-order valence-electron chi connectivity index (χ2n) is 2.20. The number of benzene rings is 1. The Morgan fingerprint density at radius 2 is 1.36 bits per heavy atom. The zero-order valence-electron chi connectivity index (χ0n) is 5.47. The molecule has 0 bridgehead atoms. The molecule has 1 nitrogen and oxygen atoms in total. The molecular formula is C8H4Cl2O. The molecule has 0 unspecified atom stereocenters. The van der Waals surface area contributed by atoms with E-state index in [4.69, 9.17) is 27.6 Å². The largest absolute Gasteiger partial charge is 0.432 e. The number of hydrogen-bond acceptors (Lipinski definition) is 1. The van der Waals surface area contributed by atoms with Crippen molar-refractivity contribution in [2.24, 2.45) is 0 Å². The first-order valence-corrected chi connectivity index (χ1v) is 3.87. The van der Waals surface area contributed by atoms with Gasteiger partial charge in [-0.1, -0.05) is 12.1 Å². The Morgan fingerprint density at radius 3 is 1.82 bits per heavy atom. The highest BCUT2D eigenvalue weighted by atomic mass is 35.5. The van der Waals surface area contributed by atoms with Gasteiger partial charge in [0.2, 0.25) is 10.4 Å². The van der Waals surface area contributed by atoms with E-state index in [-0.39, 0.29) is 0 Å². The lowest BCUT2D eigenvalue weighted by molar-refractivity contribution is 0.576. The van der Waals surface area contributed by atoms with Crippen molar-refractivity contribution in [3.05, 3.63) is 34.7 Å². The third kappa shape index (κ3) is 1.01. The molecule has 0 aliphatic carbocycles. The van der Waals surface area contributed by atoms with E-state index in [0.717, 1.165) is 10.8 Å². The van der Waals surface area contributed by atoms with E-state index in [1.54, 1.807) is 0 Å². The minimum Gasteiger partial charge on any atom is -0.432 e. The van der Waals surface area contributed by atoms with Gasteiger partial charge in [-0.2, -0.15) is 0 Å². The first kappa shape index (κ1) is 7.01. The molecule has 0 atom stereocenters. The number of rotatable bonds is 0. The van der Waals surface area contributed by atoms with Crippen LogP contribution in [0.5, 0.6) is 0 Å². The molecule has 1 heterocycles. The molecule has 0 amide bonds. The first-order chi connectivity index (χ1) is 5.29. The van der Waals surface area contributed by atoms with E-state index in [1.807, 2.05) is 24.3 Å². The SMILES string of the molecule is Clc1oc(Cl)c2ccccc12. The van der Waals surface area contributed by atoms with Gasteiger partial charge in [-0.15, -0.1) is 0 Å². The van der Waals surface area contributed by atoms with Crippen LogP contribution in [0, 0.1) is 0 Å². The van der Waals surface area contributed by atoms with Crippen LogP contribution >= 0.6 is 23.2 Å². The molecule has 0 aliphatic rings. The van der Waals surface area contributed by atoms with Crippen LogP contribution in [-0.2, 0) is 0 Å². The van der Waals surface area contributed by atoms with Crippen LogP contribution in [-0.4, -0.2) is 0 Å². The van der Waals surface area contributed by atoms with Gasteiger partial charge in [-0.25, -0.2) is 0 Å². The molecule has 3 heteroatoms. The monoisotopic (exact) mass is 186 g/mol. The van der Waals surface area contributed by atoms with Gasteiger partial charge in [-0.3, -0.25) is 0 Å². The van der Waals surface area contributed by atoms with Crippen molar-refractivity contribution in [2.45, 2.75) is 0 Å². The van der Waals surface area contributed by atoms with Gasteiger partial charge in [0.25, 0.3) is 0 Å². The van der Waals surface area contributed by atoms with Gasteiger partial charge in [0.1, 0.15) is 0 Å². The Bertz CT molecular complexity index is 356. The Labute approximate surface area is 73.5 Å². The van der Waals surface area contributed by atoms with Gasteiger partial charge in [0, 0.05) is 10.8 Å². The predicted octanol–water partition coefficient (Wildman–Crippen LogP) is 3.74. The standard InChI is InChI=1S/C8H4Cl2O/c9-7-5-3-1-2-4-6(5)8(10)11-7/h1-4H. The molecule has 0 aliphatic heterocycles. The average molecular weight is 187 g/mol. The minimum atomic E-state index is 0.352. The lowest BCUT2D eigenvalue weighted by atomic mass is 10.2. The summed E-state index contributed by atoms with van der Waals surface area (Å²) in [6.07, 6.45) is 0. The smallest absolute Gasteiger partial charge is 0.203 e. The van der Waals surface area contributed by atoms with Crippen LogP contribution in [0.4, 0.5) is 0 Å². The molecule has 1 aromatic carbocycles. The van der Waals surface area contributed by atoms with Crippen molar-refractivity contribution in [3.63, 3.8) is 0 Å². The van der Waals surface area contributed by atoms with Crippen LogP contribution in [0.1, 0.15) is 0 Å². The zero-order valence-corrected chi connectivity index (χ0v) is 6.99. The molecule has 0 saturated heterocycles. The van der Waals surface area contributed by atoms with Crippen molar-refractivity contribution in [2.75, 3.05) is 0 Å². The van der Waals surface area contributed by atoms with Crippen molar-refractivity contribution in [3.8, 4) is 0 Å². The highest BCUT2D eigenvalue weighted by molar-refractivity contribution is 6.39. The molecule has 1 aromatic heterocycles. The maximum Gasteiger partial charge on any atom is 0.203 e. The minimum absolute atomic E-state index is 0.352. The Hall–Kier alpha value is -0.660. The summed E-state index contributed by atoms with van der Waals surface area (Å²) in [7, 11) is 0. The maximum atomic E-state index is 5.73. The van der Waals surface area contributed by atoms with E-state index in [1.165, 1.54) is 0 Å². The fraction of sp³-hybridized carbons (Fsp3) is 0. The van der Waals surface area contributed by atoms with Crippen LogP contribution in [0.15, 0.2) is 28.7 Å². The van der Waals surface area contributed by atoms with E-state index in [0.29, 0.717) is 10.4 Å². The predicted molar refractivity (Wildman–Crippen MR) is 46.2 cm³/mol. The van der Waals surface area contributed by atoms with Gasteiger partial charge in [0.05, 0.1) is 0 Å². The molecule has 2 aromatic rings. The Morgan fingerprint density at radius 1 is 0.909 bits per heavy atom. The summed E-state index contributed by atoms with van der Waals surface area (Å²) in [6, 6.07) is 7.51. The molecule has 2 rings (SSSR count). The summed E-state index contributed by atoms with van der Waals surface area (Å²) in [5, 5.41) is 2.43. The van der Waals surface area contributed by atoms with E-state index in [9.17, 15) is 0 Å². The average Bonchev–Trinajstić information content (AvgIpc) is 2.30. The quantitative estimate of drug-likeness (QED) is 0.612. The van der Waals surface area contributed by atoms with E-state index >= 15 is 0 Å². The third-order valence-electron chi connectivity index (χ3n) is 1.53. The topological polar surface area (TPSA) is 13.1 Å². The second kappa shape index (κ2) is 2.43. The summed E-state index contributed by atoms with van der Waals surface area (Å²) in [5.74, 6) is 0. The third-order valence-corrected chi connectivity index (χ3v) is 2.09. The van der Waals surface area contributed by atoms with Crippen LogP contribution in [0.2, 0.25) is 10.4 Å². The fourth-order valence-electron chi connectivity index (χ4n) is 1.01. The van der Waals surface area contributed by atoms with Crippen molar-refractivity contribution in [1.82, 2.24) is 0 Å². The normalized spacial score (nSPS) is 10.7. The highest BCUT2D eigenvalue weighted by Crippen LogP contribution is 2.32. The van der Waals surface area contributed by atoms with Crippen molar-refractivity contribution in [1.29, 1.82) is 0 Å². The summed E-state index contributed by atoms with van der Waals surface area (Å²) < 4.78 is 5.00. The van der Waals surface area contributed by atoms with E-state index < -0.39 is 0 Å². The highest BCUT2D eigenvalue weighted by Gasteiger charge is 2.07. The summed E-state index contributed by atoms with van der Waals surface area (Å²) in [5.41, 5.74) is 0. The lowest BCUT2D eigenvalue weighted by Gasteiger charge is -1.84. The molecule has 0 saturated carbocycles. The van der Waals surface area contributed by atoms with Gasteiger partial charge >= 0.3 is 0 Å². The molecule has 0 radical (unpaired) electrons. The number of fused-ring (bicyclic) bond motifs is 1. The molecule has 0 spiro atoms. The molecule has 0 fully saturated rings. The zero-order chi connectivity index (χ0) is 7.84. The van der Waals surface area contributed by atoms with Gasteiger partial charge < -0.3 is 4.42 Å². The Kier molecular flexibility index (Phi) is 1.55. The van der Waals surface area contributed by atoms with Crippen LogP contribution < -0.4 is 0 Å². The number of hydrogen-bond donors (Lipinski definition) is 0. The molecule has 11 heavy (non-hydrogen) atoms. The van der Waals surface area contributed by atoms with Crippen LogP contribution in [0.25, 0.3) is 10.8 Å². The lowest BCUT2D eigenvalue weighted by Crippen LogP contribution is -1.61. The molecular weight excluding hydrogens is 183 g/mol. The first-order valence-electron chi connectivity index (χ1n) is 3.11. The fourth-order valence-corrected chi connectivity index (χ4v) is 1.54. The Balaban J connectivity index is 2.95.